The summed E-state index contributed by atoms with van der Waals surface area (Å²) in [7, 11) is 1.55. The molecule has 0 aliphatic heterocycles. The number of nitrogens with zero attached hydrogens (tertiary/aromatic N) is 2. The van der Waals surface area contributed by atoms with Gasteiger partial charge in [-0.1, -0.05) is 23.7 Å². The number of methoxy groups -OCH3 is 1. The van der Waals surface area contributed by atoms with Crippen LogP contribution in [-0.2, 0) is 9.53 Å². The molecule has 0 amide bonds. The van der Waals surface area contributed by atoms with Gasteiger partial charge in [-0.25, -0.2) is 9.97 Å². The van der Waals surface area contributed by atoms with Crippen molar-refractivity contribution in [2.24, 2.45) is 5.92 Å². The summed E-state index contributed by atoms with van der Waals surface area (Å²) in [6.07, 6.45) is 7.55. The van der Waals surface area contributed by atoms with Crippen LogP contribution in [0.15, 0.2) is 36.8 Å². The van der Waals surface area contributed by atoms with E-state index in [1.54, 1.807) is 37.6 Å². The predicted molar refractivity (Wildman–Crippen MR) is 120 cm³/mol. The largest absolute Gasteiger partial charge is 0.377 e. The van der Waals surface area contributed by atoms with Crippen molar-refractivity contribution < 1.29 is 14.3 Å². The highest BCUT2D eigenvalue weighted by Crippen LogP contribution is 2.32. The van der Waals surface area contributed by atoms with Crippen LogP contribution in [0.2, 0.25) is 5.02 Å². The Kier molecular flexibility index (Phi) is 6.63. The minimum Gasteiger partial charge on any atom is -0.377 e. The molecule has 1 aliphatic rings. The van der Waals surface area contributed by atoms with Gasteiger partial charge in [-0.3, -0.25) is 9.59 Å². The number of H-pyrrole nitrogens is 1. The van der Waals surface area contributed by atoms with E-state index in [4.69, 9.17) is 16.3 Å². The van der Waals surface area contributed by atoms with Gasteiger partial charge in [-0.2, -0.15) is 0 Å². The molecule has 31 heavy (non-hydrogen) atoms. The summed E-state index contributed by atoms with van der Waals surface area (Å²) < 4.78 is 4.93. The SMILES string of the molecule is COCC(=O)CC1CCC(Nc2ncnc3[nH]cc(C(=O)c4ccccc4Cl)c23)CC1. The number of benzene rings is 1. The van der Waals surface area contributed by atoms with E-state index in [0.29, 0.717) is 45.3 Å². The second-order valence-corrected chi connectivity index (χ2v) is 8.40. The number of aromatic nitrogens is 3. The van der Waals surface area contributed by atoms with Crippen LogP contribution in [0.25, 0.3) is 11.0 Å². The number of carbonyl (C=O) groups is 2. The molecule has 1 saturated carbocycles. The van der Waals surface area contributed by atoms with Gasteiger partial charge in [0.25, 0.3) is 0 Å². The summed E-state index contributed by atoms with van der Waals surface area (Å²) >= 11 is 6.24. The first-order valence-corrected chi connectivity index (χ1v) is 10.8. The lowest BCUT2D eigenvalue weighted by molar-refractivity contribution is -0.123. The van der Waals surface area contributed by atoms with E-state index >= 15 is 0 Å². The second kappa shape index (κ2) is 9.58. The first-order chi connectivity index (χ1) is 15.1. The fourth-order valence-electron chi connectivity index (χ4n) is 4.29. The number of hydrogen-bond acceptors (Lipinski definition) is 6. The summed E-state index contributed by atoms with van der Waals surface area (Å²) in [5.74, 6) is 1.03. The lowest BCUT2D eigenvalue weighted by Gasteiger charge is -2.29. The number of nitrogens with one attached hydrogen (secondary N) is 2. The average molecular weight is 441 g/mol. The number of ether oxygens (including phenoxy) is 1. The van der Waals surface area contributed by atoms with Crippen LogP contribution in [-0.4, -0.2) is 46.3 Å². The number of hydrogen-bond donors (Lipinski definition) is 2. The smallest absolute Gasteiger partial charge is 0.196 e. The van der Waals surface area contributed by atoms with E-state index in [1.807, 2.05) is 0 Å². The normalized spacial score (nSPS) is 18.8. The molecule has 0 spiro atoms. The van der Waals surface area contributed by atoms with Gasteiger partial charge in [-0.05, 0) is 43.7 Å². The number of Topliss-reactive ketones (excluding diaryl/α,β-unsaturated/α-hetero) is 1. The molecular formula is C23H25ClN4O3. The first-order valence-electron chi connectivity index (χ1n) is 10.4. The van der Waals surface area contributed by atoms with Crippen LogP contribution in [0.1, 0.15) is 48.0 Å². The molecule has 2 N–H and O–H groups in total. The van der Waals surface area contributed by atoms with Gasteiger partial charge in [-0.15, -0.1) is 0 Å². The minimum absolute atomic E-state index is 0.159. The molecule has 0 saturated heterocycles. The van der Waals surface area contributed by atoms with E-state index in [-0.39, 0.29) is 24.2 Å². The highest BCUT2D eigenvalue weighted by molar-refractivity contribution is 6.35. The molecule has 8 heteroatoms. The maximum Gasteiger partial charge on any atom is 0.196 e. The summed E-state index contributed by atoms with van der Waals surface area (Å²) in [5.41, 5.74) is 1.54. The molecule has 1 aromatic carbocycles. The van der Waals surface area contributed by atoms with Gasteiger partial charge in [0, 0.05) is 31.3 Å². The van der Waals surface area contributed by atoms with Crippen molar-refractivity contribution in [2.75, 3.05) is 19.0 Å². The van der Waals surface area contributed by atoms with Crippen molar-refractivity contribution in [3.05, 3.63) is 52.9 Å². The van der Waals surface area contributed by atoms with E-state index in [9.17, 15) is 9.59 Å². The quantitative estimate of drug-likeness (QED) is 0.503. The van der Waals surface area contributed by atoms with Crippen LogP contribution in [0.5, 0.6) is 0 Å². The molecule has 3 aromatic rings. The lowest BCUT2D eigenvalue weighted by atomic mass is 9.83. The molecule has 1 fully saturated rings. The number of carbonyl (C=O) groups excluding carboxylic acids is 2. The molecule has 4 rings (SSSR count). The molecule has 1 aliphatic carbocycles. The Labute approximate surface area is 185 Å². The zero-order valence-electron chi connectivity index (χ0n) is 17.4. The summed E-state index contributed by atoms with van der Waals surface area (Å²) in [6, 6.07) is 7.23. The van der Waals surface area contributed by atoms with Crippen LogP contribution in [0.3, 0.4) is 0 Å². The van der Waals surface area contributed by atoms with E-state index in [0.717, 1.165) is 25.7 Å². The van der Waals surface area contributed by atoms with Gasteiger partial charge in [0.15, 0.2) is 11.6 Å². The number of halogens is 1. The first kappa shape index (κ1) is 21.5. The van der Waals surface area contributed by atoms with Crippen LogP contribution >= 0.6 is 11.6 Å². The summed E-state index contributed by atoms with van der Waals surface area (Å²) in [5, 5.41) is 4.59. The van der Waals surface area contributed by atoms with Gasteiger partial charge in [0.1, 0.15) is 24.4 Å². The Morgan fingerprint density at radius 1 is 1.16 bits per heavy atom. The van der Waals surface area contributed by atoms with Crippen LogP contribution in [0.4, 0.5) is 5.82 Å². The standard InChI is InChI=1S/C23H25ClN4O3/c1-31-12-16(29)10-14-6-8-15(9-7-14)28-23-20-18(11-25-22(20)26-13-27-23)21(30)17-4-2-3-5-19(17)24/h2-5,11,13-15H,6-10,12H2,1H3,(H2,25,26,27,28). The van der Waals surface area contributed by atoms with Gasteiger partial charge >= 0.3 is 0 Å². The van der Waals surface area contributed by atoms with Gasteiger partial charge in [0.05, 0.1) is 16.0 Å². The molecule has 0 radical (unpaired) electrons. The third-order valence-electron chi connectivity index (χ3n) is 5.84. The molecule has 0 bridgehead atoms. The number of aromatic amines is 1. The van der Waals surface area contributed by atoms with Crippen molar-refractivity contribution in [3.63, 3.8) is 0 Å². The topological polar surface area (TPSA) is 97.0 Å². The van der Waals surface area contributed by atoms with E-state index in [1.165, 1.54) is 6.33 Å². The minimum atomic E-state index is -0.171. The number of anilines is 1. The van der Waals surface area contributed by atoms with Crippen molar-refractivity contribution >= 4 is 40.0 Å². The van der Waals surface area contributed by atoms with Crippen molar-refractivity contribution in [1.29, 1.82) is 0 Å². The molecule has 162 valence electrons. The fraction of sp³-hybridized carbons (Fsp3) is 0.391. The van der Waals surface area contributed by atoms with Gasteiger partial charge < -0.3 is 15.0 Å². The van der Waals surface area contributed by atoms with Gasteiger partial charge in [0.2, 0.25) is 0 Å². The molecule has 0 unspecified atom stereocenters. The molecule has 0 atom stereocenters. The Morgan fingerprint density at radius 2 is 1.94 bits per heavy atom. The van der Waals surface area contributed by atoms with E-state index in [2.05, 4.69) is 20.3 Å². The number of ketones is 2. The monoisotopic (exact) mass is 440 g/mol. The molecule has 2 heterocycles. The Bertz CT molecular complexity index is 1090. The molecule has 7 nitrogen and oxygen atoms in total. The summed E-state index contributed by atoms with van der Waals surface area (Å²) in [4.78, 5) is 36.8. The number of rotatable bonds is 8. The van der Waals surface area contributed by atoms with Crippen molar-refractivity contribution in [2.45, 2.75) is 38.1 Å². The van der Waals surface area contributed by atoms with E-state index < -0.39 is 0 Å². The molecular weight excluding hydrogens is 416 g/mol. The maximum atomic E-state index is 13.2. The Morgan fingerprint density at radius 3 is 2.68 bits per heavy atom. The average Bonchev–Trinajstić information content (AvgIpc) is 3.20. The zero-order valence-corrected chi connectivity index (χ0v) is 18.1. The Balaban J connectivity index is 1.51. The van der Waals surface area contributed by atoms with Crippen LogP contribution < -0.4 is 5.32 Å². The highest BCUT2D eigenvalue weighted by atomic mass is 35.5. The van der Waals surface area contributed by atoms with Crippen molar-refractivity contribution in [3.8, 4) is 0 Å². The fourth-order valence-corrected chi connectivity index (χ4v) is 4.51. The van der Waals surface area contributed by atoms with Crippen molar-refractivity contribution in [1.82, 2.24) is 15.0 Å². The van der Waals surface area contributed by atoms with Crippen LogP contribution in [0, 0.1) is 5.92 Å². The summed E-state index contributed by atoms with van der Waals surface area (Å²) in [6.45, 7) is 0.187. The zero-order chi connectivity index (χ0) is 21.8. The third kappa shape index (κ3) is 4.78. The maximum absolute atomic E-state index is 13.2. The lowest BCUT2D eigenvalue weighted by Crippen LogP contribution is -2.28. The molecule has 2 aromatic heterocycles. The second-order valence-electron chi connectivity index (χ2n) is 8.00. The Hall–Kier alpha value is -2.77. The predicted octanol–water partition coefficient (Wildman–Crippen LogP) is 4.42. The number of fused-ring (bicyclic) bond motifs is 1. The highest BCUT2D eigenvalue weighted by Gasteiger charge is 2.25. The third-order valence-corrected chi connectivity index (χ3v) is 6.17.